The predicted molar refractivity (Wildman–Crippen MR) is 91.0 cm³/mol. The highest BCUT2D eigenvalue weighted by molar-refractivity contribution is 7.09. The van der Waals surface area contributed by atoms with Crippen LogP contribution in [-0.4, -0.2) is 22.4 Å². The molecule has 1 unspecified atom stereocenters. The highest BCUT2D eigenvalue weighted by atomic mass is 32.1. The number of aryl methyl sites for hydroxylation is 3. The molecule has 116 valence electrons. The average molecular weight is 305 g/mol. The van der Waals surface area contributed by atoms with Gasteiger partial charge in [0.1, 0.15) is 0 Å². The van der Waals surface area contributed by atoms with Gasteiger partial charge in [0, 0.05) is 30.1 Å². The Balaban J connectivity index is 1.87. The minimum atomic E-state index is 0.551. The molecule has 3 nitrogen and oxygen atoms in total. The minimum Gasteiger partial charge on any atom is -0.314 e. The van der Waals surface area contributed by atoms with Gasteiger partial charge in [-0.3, -0.25) is 4.68 Å². The fourth-order valence-electron chi connectivity index (χ4n) is 2.73. The molecule has 0 aliphatic carbocycles. The van der Waals surface area contributed by atoms with Gasteiger partial charge in [0.25, 0.3) is 0 Å². The van der Waals surface area contributed by atoms with Crippen LogP contribution in [0.5, 0.6) is 0 Å². The van der Waals surface area contributed by atoms with E-state index in [4.69, 9.17) is 0 Å². The van der Waals surface area contributed by atoms with Gasteiger partial charge in [-0.2, -0.15) is 5.10 Å². The molecule has 2 aromatic heterocycles. The van der Waals surface area contributed by atoms with Gasteiger partial charge in [-0.15, -0.1) is 11.3 Å². The largest absolute Gasteiger partial charge is 0.314 e. The van der Waals surface area contributed by atoms with Gasteiger partial charge in [0.05, 0.1) is 5.69 Å². The molecule has 0 saturated carbocycles. The third-order valence-corrected chi connectivity index (χ3v) is 4.83. The van der Waals surface area contributed by atoms with Crippen molar-refractivity contribution in [2.24, 2.45) is 7.05 Å². The van der Waals surface area contributed by atoms with E-state index in [1.807, 2.05) is 16.0 Å². The minimum absolute atomic E-state index is 0.551. The van der Waals surface area contributed by atoms with Crippen molar-refractivity contribution in [2.45, 2.75) is 52.0 Å². The van der Waals surface area contributed by atoms with Crippen molar-refractivity contribution in [1.29, 1.82) is 0 Å². The molecule has 0 amide bonds. The molecule has 2 aromatic rings. The molecule has 1 N–H and O–H groups in total. The first-order chi connectivity index (χ1) is 10.2. The summed E-state index contributed by atoms with van der Waals surface area (Å²) in [6.45, 7) is 5.38. The summed E-state index contributed by atoms with van der Waals surface area (Å²) in [6, 6.07) is 7.18. The van der Waals surface area contributed by atoms with Crippen molar-refractivity contribution < 1.29 is 0 Å². The molecule has 0 radical (unpaired) electrons. The summed E-state index contributed by atoms with van der Waals surface area (Å²) in [4.78, 5) is 1.50. The number of aromatic nitrogens is 2. The van der Waals surface area contributed by atoms with Crippen LogP contribution in [0.25, 0.3) is 0 Å². The number of thiophene rings is 1. The number of hydrogen-bond donors (Lipinski definition) is 1. The van der Waals surface area contributed by atoms with E-state index in [9.17, 15) is 0 Å². The molecule has 0 spiro atoms. The van der Waals surface area contributed by atoms with Crippen LogP contribution in [0.3, 0.4) is 0 Å². The van der Waals surface area contributed by atoms with Gasteiger partial charge >= 0.3 is 0 Å². The number of nitrogens with one attached hydrogen (secondary N) is 1. The van der Waals surface area contributed by atoms with E-state index >= 15 is 0 Å². The Labute approximate surface area is 132 Å². The maximum atomic E-state index is 4.55. The molecule has 2 heterocycles. The van der Waals surface area contributed by atoms with Crippen LogP contribution in [0.4, 0.5) is 0 Å². The fourth-order valence-corrected chi connectivity index (χ4v) is 3.48. The smallest absolute Gasteiger partial charge is 0.0624 e. The third-order valence-electron chi connectivity index (χ3n) is 3.89. The summed E-state index contributed by atoms with van der Waals surface area (Å²) in [6.07, 6.45) is 5.75. The van der Waals surface area contributed by atoms with Crippen molar-refractivity contribution in [1.82, 2.24) is 15.1 Å². The van der Waals surface area contributed by atoms with Gasteiger partial charge in [-0.25, -0.2) is 0 Å². The van der Waals surface area contributed by atoms with Crippen molar-refractivity contribution in [3.63, 3.8) is 0 Å². The highest BCUT2D eigenvalue weighted by Gasteiger charge is 2.12. The van der Waals surface area contributed by atoms with E-state index in [-0.39, 0.29) is 0 Å². The van der Waals surface area contributed by atoms with Crippen LogP contribution < -0.4 is 5.32 Å². The van der Waals surface area contributed by atoms with Crippen molar-refractivity contribution in [2.75, 3.05) is 6.54 Å². The number of nitrogens with zero attached hydrogens (tertiary/aromatic N) is 2. The SMILES string of the molecule is CCNC(CCCc1cccs1)Cc1cc(CC)nn1C. The Kier molecular flexibility index (Phi) is 6.46. The summed E-state index contributed by atoms with van der Waals surface area (Å²) in [7, 11) is 2.06. The summed E-state index contributed by atoms with van der Waals surface area (Å²) in [5.41, 5.74) is 2.54. The van der Waals surface area contributed by atoms with Crippen molar-refractivity contribution in [3.05, 3.63) is 39.8 Å². The Morgan fingerprint density at radius 3 is 2.86 bits per heavy atom. The molecular formula is C17H27N3S. The number of hydrogen-bond acceptors (Lipinski definition) is 3. The van der Waals surface area contributed by atoms with Crippen LogP contribution in [0.1, 0.15) is 43.0 Å². The van der Waals surface area contributed by atoms with E-state index in [0.29, 0.717) is 6.04 Å². The quantitative estimate of drug-likeness (QED) is 0.767. The lowest BCUT2D eigenvalue weighted by atomic mass is 10.0. The van der Waals surface area contributed by atoms with E-state index in [2.05, 4.69) is 54.9 Å². The molecule has 0 aromatic carbocycles. The lowest BCUT2D eigenvalue weighted by Crippen LogP contribution is -2.31. The molecule has 4 heteroatoms. The Morgan fingerprint density at radius 2 is 2.24 bits per heavy atom. The fraction of sp³-hybridized carbons (Fsp3) is 0.588. The van der Waals surface area contributed by atoms with Crippen molar-refractivity contribution >= 4 is 11.3 Å². The van der Waals surface area contributed by atoms with Crippen molar-refractivity contribution in [3.8, 4) is 0 Å². The molecule has 1 atom stereocenters. The van der Waals surface area contributed by atoms with Crippen LogP contribution >= 0.6 is 11.3 Å². The maximum Gasteiger partial charge on any atom is 0.0624 e. The molecule has 0 aliphatic heterocycles. The zero-order valence-corrected chi connectivity index (χ0v) is 14.2. The molecule has 0 fully saturated rings. The normalized spacial score (nSPS) is 12.7. The first-order valence-corrected chi connectivity index (χ1v) is 8.88. The van der Waals surface area contributed by atoms with E-state index in [1.165, 1.54) is 35.5 Å². The molecule has 2 rings (SSSR count). The lowest BCUT2D eigenvalue weighted by molar-refractivity contribution is 0.465. The van der Waals surface area contributed by atoms with Crippen LogP contribution in [0.2, 0.25) is 0 Å². The molecule has 0 bridgehead atoms. The Morgan fingerprint density at radius 1 is 1.38 bits per heavy atom. The summed E-state index contributed by atoms with van der Waals surface area (Å²) in [5, 5.41) is 10.3. The first-order valence-electron chi connectivity index (χ1n) is 8.00. The topological polar surface area (TPSA) is 29.9 Å². The van der Waals surface area contributed by atoms with Gasteiger partial charge in [0.2, 0.25) is 0 Å². The Bertz CT molecular complexity index is 516. The molecule has 0 saturated heterocycles. The second-order valence-corrected chi connectivity index (χ2v) is 6.57. The van der Waals surface area contributed by atoms with Crippen LogP contribution in [0.15, 0.2) is 23.6 Å². The second-order valence-electron chi connectivity index (χ2n) is 5.53. The summed E-state index contributed by atoms with van der Waals surface area (Å²) >= 11 is 1.87. The van der Waals surface area contributed by atoms with Gasteiger partial charge in [-0.1, -0.05) is 19.9 Å². The molecule has 0 aliphatic rings. The number of likely N-dealkylation sites (N-methyl/N-ethyl adjacent to an activating group) is 1. The Hall–Kier alpha value is -1.13. The molecular weight excluding hydrogens is 278 g/mol. The standard InChI is InChI=1S/C17H27N3S/c1-4-14-12-16(20(3)19-14)13-15(18-5-2)8-6-9-17-10-7-11-21-17/h7,10-12,15,18H,4-6,8-9,13H2,1-3H3. The molecule has 21 heavy (non-hydrogen) atoms. The zero-order valence-electron chi connectivity index (χ0n) is 13.4. The zero-order chi connectivity index (χ0) is 15.1. The van der Waals surface area contributed by atoms with E-state index in [0.717, 1.165) is 19.4 Å². The van der Waals surface area contributed by atoms with Crippen LogP contribution in [0, 0.1) is 0 Å². The summed E-state index contributed by atoms with van der Waals surface area (Å²) in [5.74, 6) is 0. The maximum absolute atomic E-state index is 4.55. The van der Waals surface area contributed by atoms with Crippen LogP contribution in [-0.2, 0) is 26.3 Å². The average Bonchev–Trinajstić information content (AvgIpc) is 3.09. The van der Waals surface area contributed by atoms with Gasteiger partial charge in [0.15, 0.2) is 0 Å². The predicted octanol–water partition coefficient (Wildman–Crippen LogP) is 3.59. The first kappa shape index (κ1) is 16.2. The highest BCUT2D eigenvalue weighted by Crippen LogP contribution is 2.15. The second kappa shape index (κ2) is 8.35. The van der Waals surface area contributed by atoms with E-state index in [1.54, 1.807) is 0 Å². The van der Waals surface area contributed by atoms with Gasteiger partial charge in [-0.05, 0) is 49.7 Å². The monoisotopic (exact) mass is 305 g/mol. The van der Waals surface area contributed by atoms with E-state index < -0.39 is 0 Å². The third kappa shape index (κ3) is 4.97. The lowest BCUT2D eigenvalue weighted by Gasteiger charge is -2.17. The van der Waals surface area contributed by atoms with Gasteiger partial charge < -0.3 is 5.32 Å². The number of rotatable bonds is 9. The summed E-state index contributed by atoms with van der Waals surface area (Å²) < 4.78 is 2.04.